The van der Waals surface area contributed by atoms with Gasteiger partial charge >= 0.3 is 23.3 Å². The first-order valence-corrected chi connectivity index (χ1v) is 32.9. The van der Waals surface area contributed by atoms with Crippen molar-refractivity contribution >= 4 is 104 Å². The van der Waals surface area contributed by atoms with Crippen molar-refractivity contribution in [2.24, 2.45) is 7.05 Å². The van der Waals surface area contributed by atoms with Gasteiger partial charge in [-0.25, -0.2) is 42.2 Å². The Bertz CT molecular complexity index is 3790. The molecule has 6 aliphatic heterocycles. The van der Waals surface area contributed by atoms with E-state index in [1.165, 1.54) is 57.6 Å². The predicted molar refractivity (Wildman–Crippen MR) is 354 cm³/mol. The molecule has 3 atom stereocenters. The number of carbonyl (C=O) groups is 6. The lowest BCUT2D eigenvalue weighted by Crippen LogP contribution is -2.49. The second-order valence-corrected chi connectivity index (χ2v) is 25.6. The van der Waals surface area contributed by atoms with E-state index in [1.807, 2.05) is 38.1 Å². The lowest BCUT2D eigenvalue weighted by molar-refractivity contribution is -0.380. The minimum atomic E-state index is -0.575. The highest BCUT2D eigenvalue weighted by molar-refractivity contribution is 7.14. The van der Waals surface area contributed by atoms with E-state index in [2.05, 4.69) is 63.1 Å². The average Bonchev–Trinajstić information content (AvgIpc) is 1.81. The summed E-state index contributed by atoms with van der Waals surface area (Å²) < 4.78 is 62.0. The summed E-state index contributed by atoms with van der Waals surface area (Å²) >= 11 is 2.71. The van der Waals surface area contributed by atoms with E-state index in [0.29, 0.717) is 111 Å². The Morgan fingerprint density at radius 3 is 1.40 bits per heavy atom. The van der Waals surface area contributed by atoms with E-state index in [1.54, 1.807) is 54.8 Å². The zero-order valence-electron chi connectivity index (χ0n) is 53.8. The molecule has 36 heteroatoms. The van der Waals surface area contributed by atoms with Crippen LogP contribution in [-0.4, -0.2) is 228 Å². The molecular formula is C61H75F3N20O11S2. The highest BCUT2D eigenvalue weighted by atomic mass is 32.1. The Morgan fingerprint density at radius 2 is 1.04 bits per heavy atom. The zero-order valence-corrected chi connectivity index (χ0v) is 55.4. The number of ether oxygens (including phenoxy) is 3. The zero-order chi connectivity index (χ0) is 68.9. The lowest BCUT2D eigenvalue weighted by atomic mass is 10.2. The topological polar surface area (TPSA) is 320 Å². The van der Waals surface area contributed by atoms with Crippen molar-refractivity contribution < 1.29 is 61.1 Å². The number of rotatable bonds is 21. The second-order valence-electron chi connectivity index (χ2n) is 23.5. The van der Waals surface area contributed by atoms with Gasteiger partial charge in [0.15, 0.2) is 0 Å². The number of nitrogens with one attached hydrogen (secondary N) is 4. The molecule has 3 aromatic heterocycles. The highest BCUT2D eigenvalue weighted by Gasteiger charge is 2.36. The number of hydrogen-bond acceptors (Lipinski definition) is 25. The first kappa shape index (κ1) is 70.0. The molecule has 0 unspecified atom stereocenters. The fourth-order valence-corrected chi connectivity index (χ4v) is 12.8. The molecule has 0 saturated carbocycles. The standard InChI is InChI=1S/C21H28FN9O3.C20H23FN6O5S.C20H24FN5O3S/c1-14(2)23-11-16-12-31(21(33)34-16)15-4-5-18(17(22)10-15)30-8-6-29(7-9-30)13-19(32)24-20-25-26-27-28(20)3;1-13(28)22-9-15-11-26(20(29)32-15)14-2-3-17(16(21)8-14)25-6-4-24(5-7-25)12-18-23-10-19(33-18)27(30)31;1-14(27)23-11-16-12-26(20(28)29-16)15-2-3-18(17(21)10-15)25-7-5-24(6-8-25)13-19-22-4-9-30-19/h4-5,10,16,23H,1,6-9,11-13H2,2-3H3,(H,24,25,27,32);2-3,8,10,15H,4-7,9,11-12H2,1H3,(H,22,28);2-4,9-10,16H,5-8,11-13H2,1H3,(H,23,27)/t16-;15-;16-/m000/s1. The number of halogens is 3. The molecule has 9 heterocycles. The van der Waals surface area contributed by atoms with Crippen LogP contribution in [0.1, 0.15) is 30.8 Å². The Kier molecular flexibility index (Phi) is 23.3. The molecule has 4 N–H and O–H groups in total. The summed E-state index contributed by atoms with van der Waals surface area (Å²) in [6, 6.07) is 14.2. The molecule has 97 heavy (non-hydrogen) atoms. The SMILES string of the molecule is C=C(C)NC[C@H]1CN(c2ccc(N3CCN(CC(=O)Nc4nnnn4C)CC3)c(F)c2)C(=O)O1.CC(=O)NC[C@H]1CN(c2ccc(N3CCN(Cc4ncc([N+](=O)[O-])s4)CC3)c(F)c2)C(=O)O1.CC(=O)NC[C@H]1CN(c2ccc(N3CCN(Cc4nccs4)CC3)c(F)c2)C(=O)O1. The molecule has 6 aromatic rings. The van der Waals surface area contributed by atoms with Crippen LogP contribution in [0.3, 0.4) is 0 Å². The van der Waals surface area contributed by atoms with Crippen molar-refractivity contribution in [1.29, 1.82) is 0 Å². The molecule has 0 spiro atoms. The van der Waals surface area contributed by atoms with Gasteiger partial charge in [-0.05, 0) is 83.3 Å². The normalized spacial score (nSPS) is 19.1. The van der Waals surface area contributed by atoms with Gasteiger partial charge < -0.3 is 44.9 Å². The van der Waals surface area contributed by atoms with Crippen molar-refractivity contribution in [2.45, 2.75) is 52.2 Å². The van der Waals surface area contributed by atoms with Crippen LogP contribution >= 0.6 is 22.7 Å². The van der Waals surface area contributed by atoms with Crippen molar-refractivity contribution in [3.05, 3.63) is 122 Å². The van der Waals surface area contributed by atoms with Gasteiger partial charge in [-0.2, -0.15) is 0 Å². The fraction of sp³-hybridized carbons (Fsp3) is 0.459. The first-order chi connectivity index (χ1) is 46.6. The fourth-order valence-electron chi connectivity index (χ4n) is 11.4. The predicted octanol–water partition coefficient (Wildman–Crippen LogP) is 4.60. The molecule has 6 saturated heterocycles. The maximum Gasteiger partial charge on any atom is 0.414 e. The Labute approximate surface area is 563 Å². The van der Waals surface area contributed by atoms with Crippen LogP contribution in [0, 0.1) is 27.6 Å². The monoisotopic (exact) mass is 1380 g/mol. The van der Waals surface area contributed by atoms with Gasteiger partial charge in [0.25, 0.3) is 0 Å². The third kappa shape index (κ3) is 18.8. The number of benzene rings is 3. The number of aryl methyl sites for hydroxylation is 1. The largest absolute Gasteiger partial charge is 0.442 e. The smallest absolute Gasteiger partial charge is 0.414 e. The molecule has 31 nitrogen and oxygen atoms in total. The van der Waals surface area contributed by atoms with Gasteiger partial charge in [-0.3, -0.25) is 59.2 Å². The van der Waals surface area contributed by atoms with Gasteiger partial charge in [-0.1, -0.05) is 11.7 Å². The van der Waals surface area contributed by atoms with Crippen LogP contribution < -0.4 is 50.7 Å². The minimum Gasteiger partial charge on any atom is -0.442 e. The molecule has 518 valence electrons. The van der Waals surface area contributed by atoms with Crippen molar-refractivity contribution in [3.63, 3.8) is 0 Å². The summed E-state index contributed by atoms with van der Waals surface area (Å²) in [6.07, 6.45) is 0.205. The summed E-state index contributed by atoms with van der Waals surface area (Å²) in [5.74, 6) is -1.54. The number of thiazole rings is 2. The van der Waals surface area contributed by atoms with Gasteiger partial charge in [0.05, 0.1) is 98.0 Å². The van der Waals surface area contributed by atoms with E-state index in [-0.39, 0.29) is 73.3 Å². The number of tetrazole rings is 1. The second kappa shape index (κ2) is 32.3. The number of nitro groups is 1. The first-order valence-electron chi connectivity index (χ1n) is 31.2. The van der Waals surface area contributed by atoms with Crippen LogP contribution in [0.2, 0.25) is 0 Å². The minimum absolute atomic E-state index is 0.0223. The number of nitrogens with zero attached hydrogens (tertiary/aromatic N) is 16. The highest BCUT2D eigenvalue weighted by Crippen LogP contribution is 2.33. The summed E-state index contributed by atoms with van der Waals surface area (Å²) in [5, 5.41) is 36.4. The van der Waals surface area contributed by atoms with Crippen molar-refractivity contribution in [3.8, 4) is 0 Å². The maximum atomic E-state index is 15.0. The lowest BCUT2D eigenvalue weighted by Gasteiger charge is -2.36. The number of hydrogen-bond donors (Lipinski definition) is 4. The number of piperazine rings is 3. The maximum absolute atomic E-state index is 15.0. The number of anilines is 7. The van der Waals surface area contributed by atoms with Crippen LogP contribution in [0.25, 0.3) is 0 Å². The number of carbonyl (C=O) groups excluding carboxylic acids is 6. The molecule has 6 aliphatic rings. The molecule has 0 bridgehead atoms. The molecule has 6 amide bonds. The molecular weight excluding hydrogens is 1310 g/mol. The third-order valence-electron chi connectivity index (χ3n) is 16.4. The number of amides is 6. The molecule has 12 rings (SSSR count). The van der Waals surface area contributed by atoms with Gasteiger partial charge in [0.1, 0.15) is 52.0 Å². The van der Waals surface area contributed by atoms with E-state index in [9.17, 15) is 52.1 Å². The summed E-state index contributed by atoms with van der Waals surface area (Å²) in [4.78, 5) is 106. The molecule has 0 radical (unpaired) electrons. The Hall–Kier alpha value is -9.78. The van der Waals surface area contributed by atoms with Crippen molar-refractivity contribution in [1.82, 2.24) is 60.8 Å². The summed E-state index contributed by atoms with van der Waals surface area (Å²) in [5.41, 5.74) is 3.54. The van der Waals surface area contributed by atoms with E-state index >= 15 is 0 Å². The van der Waals surface area contributed by atoms with Gasteiger partial charge in [0.2, 0.25) is 23.7 Å². The van der Waals surface area contributed by atoms with Gasteiger partial charge in [-0.15, -0.1) is 11.3 Å². The Balaban J connectivity index is 0.000000158. The summed E-state index contributed by atoms with van der Waals surface area (Å²) in [7, 11) is 1.64. The molecule has 6 fully saturated rings. The van der Waals surface area contributed by atoms with Crippen LogP contribution in [-0.2, 0) is 48.7 Å². The van der Waals surface area contributed by atoms with Crippen LogP contribution in [0.15, 0.2) is 84.6 Å². The van der Waals surface area contributed by atoms with Crippen LogP contribution in [0.4, 0.5) is 72.6 Å². The summed E-state index contributed by atoms with van der Waals surface area (Å²) in [6.45, 7) is 19.6. The Morgan fingerprint density at radius 1 is 0.619 bits per heavy atom. The number of allylic oxidation sites excluding steroid dienone is 1. The molecule has 0 aliphatic carbocycles. The number of aromatic nitrogens is 6. The molecule has 3 aromatic carbocycles. The van der Waals surface area contributed by atoms with Gasteiger partial charge in [0, 0.05) is 117 Å². The van der Waals surface area contributed by atoms with E-state index in [4.69, 9.17) is 14.2 Å². The van der Waals surface area contributed by atoms with E-state index < -0.39 is 47.0 Å². The quantitative estimate of drug-likeness (QED) is 0.0435. The number of cyclic esters (lactones) is 3. The average molecular weight is 1390 g/mol. The van der Waals surface area contributed by atoms with Crippen LogP contribution in [0.5, 0.6) is 0 Å². The van der Waals surface area contributed by atoms with E-state index in [0.717, 1.165) is 54.8 Å². The third-order valence-corrected chi connectivity index (χ3v) is 18.1. The van der Waals surface area contributed by atoms with Crippen molar-refractivity contribution in [2.75, 3.05) is 159 Å².